The number of phenolic OH excluding ortho intramolecular Hbond substituents is 1. The zero-order valence-electron chi connectivity index (χ0n) is 17.7. The maximum absolute atomic E-state index is 13.5. The number of phenols is 1. The average molecular weight is 471 g/mol. The minimum absolute atomic E-state index is 0.00852. The number of hydrogen-bond acceptors (Lipinski definition) is 9. The molecule has 178 valence electrons. The van der Waals surface area contributed by atoms with Crippen LogP contribution in [0.5, 0.6) is 5.75 Å². The highest BCUT2D eigenvalue weighted by Crippen LogP contribution is 2.55. The molecule has 1 aromatic rings. The molecule has 0 aromatic heterocycles. The molecule has 5 atom stereocenters. The number of ketones is 2. The minimum atomic E-state index is -2.91. The summed E-state index contributed by atoms with van der Waals surface area (Å²) < 4.78 is 0. The van der Waals surface area contributed by atoms with Crippen LogP contribution in [0.3, 0.4) is 0 Å². The molecule has 0 heterocycles. The summed E-state index contributed by atoms with van der Waals surface area (Å²) in [7, 11) is 0. The first-order chi connectivity index (χ1) is 15.8. The van der Waals surface area contributed by atoms with Crippen molar-refractivity contribution in [3.05, 3.63) is 57.6 Å². The van der Waals surface area contributed by atoms with Gasteiger partial charge in [0.15, 0.2) is 11.4 Å². The number of benzene rings is 1. The second kappa shape index (κ2) is 7.54. The molecule has 0 saturated heterocycles. The van der Waals surface area contributed by atoms with Crippen molar-refractivity contribution in [1.29, 1.82) is 0 Å². The third-order valence-corrected chi connectivity index (χ3v) is 6.94. The number of amides is 1. The van der Waals surface area contributed by atoms with Crippen molar-refractivity contribution >= 4 is 29.5 Å². The third kappa shape index (κ3) is 2.90. The van der Waals surface area contributed by atoms with E-state index in [1.54, 1.807) is 6.92 Å². The maximum Gasteiger partial charge on any atom is 0.328 e. The summed E-state index contributed by atoms with van der Waals surface area (Å²) in [5, 5.41) is 63.1. The number of carbonyl (C=O) groups is 4. The van der Waals surface area contributed by atoms with E-state index in [0.29, 0.717) is 5.56 Å². The Morgan fingerprint density at radius 1 is 1.18 bits per heavy atom. The van der Waals surface area contributed by atoms with Gasteiger partial charge >= 0.3 is 5.97 Å². The number of aromatic hydroxyl groups is 1. The molecule has 0 saturated carbocycles. The van der Waals surface area contributed by atoms with Gasteiger partial charge in [0.1, 0.15) is 22.8 Å². The number of aliphatic hydroxyl groups excluding tert-OH is 3. The molecule has 34 heavy (non-hydrogen) atoms. The van der Waals surface area contributed by atoms with E-state index in [9.17, 15) is 44.7 Å². The molecule has 0 radical (unpaired) electrons. The largest absolute Gasteiger partial charge is 0.511 e. The average Bonchev–Trinajstić information content (AvgIpc) is 2.75. The summed E-state index contributed by atoms with van der Waals surface area (Å²) in [5.74, 6) is -10.8. The van der Waals surface area contributed by atoms with E-state index >= 15 is 0 Å². The first-order valence-electron chi connectivity index (χ1n) is 10.3. The van der Waals surface area contributed by atoms with Crippen molar-refractivity contribution in [2.45, 2.75) is 31.0 Å². The minimum Gasteiger partial charge on any atom is -0.511 e. The number of aliphatic carboxylic acids is 1. The molecule has 3 aliphatic rings. The first kappa shape index (κ1) is 23.2. The first-order valence-corrected chi connectivity index (χ1v) is 10.3. The Balaban J connectivity index is 1.96. The SMILES string of the molecule is C[C@H]1c2ccc(/C=C/C(=O)O)c(O)c2C(=O)C2=C(O)[C@]3(O)C(=O)C(C(N)=O)=C(O)C[C@@H]3[C@@H](O)[C@@H]21. The number of primary amides is 1. The standard InChI is InChI=1S/C23H21NO10/c1-7-9-4-2-8(3-5-12(26)27)17(28)14(9)19(30)16-13(7)18(29)10-6-11(25)15(22(24)33)20(31)23(10,34)21(16)32/h2-5,7,10,13,18,25,28-29,32,34H,6H2,1H3,(H2,24,33)(H,26,27)/b5-3+/t7-,10+,13+,18+,23+/m0/s1. The van der Waals surface area contributed by atoms with E-state index < -0.39 is 87.7 Å². The van der Waals surface area contributed by atoms with E-state index in [1.165, 1.54) is 12.1 Å². The van der Waals surface area contributed by atoms with Gasteiger partial charge in [-0.15, -0.1) is 0 Å². The normalized spacial score (nSPS) is 30.8. The second-order valence-electron chi connectivity index (χ2n) is 8.63. The maximum atomic E-state index is 13.5. The zero-order chi connectivity index (χ0) is 25.3. The molecule has 1 aromatic carbocycles. The predicted octanol–water partition coefficient (Wildman–Crippen LogP) is 0.210. The molecule has 0 bridgehead atoms. The van der Waals surface area contributed by atoms with Gasteiger partial charge in [0, 0.05) is 35.5 Å². The molecular formula is C23H21NO10. The van der Waals surface area contributed by atoms with Crippen LogP contribution in [-0.4, -0.2) is 65.8 Å². The highest BCUT2D eigenvalue weighted by atomic mass is 16.4. The van der Waals surface area contributed by atoms with Crippen molar-refractivity contribution in [3.8, 4) is 5.75 Å². The molecule has 1 amide bonds. The predicted molar refractivity (Wildman–Crippen MR) is 114 cm³/mol. The van der Waals surface area contributed by atoms with Crippen LogP contribution in [0.2, 0.25) is 0 Å². The van der Waals surface area contributed by atoms with Crippen LogP contribution in [0.25, 0.3) is 6.08 Å². The summed E-state index contributed by atoms with van der Waals surface area (Å²) in [5.41, 5.74) is 0.751. The summed E-state index contributed by atoms with van der Waals surface area (Å²) >= 11 is 0. The van der Waals surface area contributed by atoms with Crippen molar-refractivity contribution in [2.75, 3.05) is 0 Å². The fourth-order valence-corrected chi connectivity index (χ4v) is 5.31. The number of carboxylic acid groups (broad SMARTS) is 1. The van der Waals surface area contributed by atoms with E-state index in [0.717, 1.165) is 12.2 Å². The molecule has 0 aliphatic heterocycles. The van der Waals surface area contributed by atoms with Crippen molar-refractivity contribution < 1.29 is 49.8 Å². The summed E-state index contributed by atoms with van der Waals surface area (Å²) in [6.45, 7) is 1.60. The molecule has 8 N–H and O–H groups in total. The van der Waals surface area contributed by atoms with E-state index in [1.807, 2.05) is 0 Å². The number of rotatable bonds is 3. The number of Topliss-reactive ketones (excluding diaryl/α,β-unsaturated/α-hetero) is 2. The Morgan fingerprint density at radius 3 is 2.41 bits per heavy atom. The fraction of sp³-hybridized carbons (Fsp3) is 0.304. The van der Waals surface area contributed by atoms with Crippen LogP contribution < -0.4 is 5.73 Å². The van der Waals surface area contributed by atoms with Crippen LogP contribution in [0.15, 0.2) is 40.9 Å². The van der Waals surface area contributed by atoms with E-state index in [2.05, 4.69) is 0 Å². The van der Waals surface area contributed by atoms with Crippen molar-refractivity contribution in [3.63, 3.8) is 0 Å². The van der Waals surface area contributed by atoms with Gasteiger partial charge in [-0.05, 0) is 17.6 Å². The van der Waals surface area contributed by atoms with Crippen LogP contribution >= 0.6 is 0 Å². The number of allylic oxidation sites excluding steroid dienone is 1. The summed E-state index contributed by atoms with van der Waals surface area (Å²) in [6.07, 6.45) is -0.363. The number of aliphatic hydroxyl groups is 4. The van der Waals surface area contributed by atoms with Crippen LogP contribution in [0, 0.1) is 11.8 Å². The van der Waals surface area contributed by atoms with Gasteiger partial charge in [0.05, 0.1) is 11.7 Å². The van der Waals surface area contributed by atoms with Gasteiger partial charge in [-0.2, -0.15) is 0 Å². The molecule has 4 rings (SSSR count). The lowest BCUT2D eigenvalue weighted by Crippen LogP contribution is -2.62. The number of hydrogen-bond donors (Lipinski definition) is 7. The number of fused-ring (bicyclic) bond motifs is 3. The molecule has 11 nitrogen and oxygen atoms in total. The Labute approximate surface area is 191 Å². The molecule has 0 unspecified atom stereocenters. The van der Waals surface area contributed by atoms with Crippen molar-refractivity contribution in [1.82, 2.24) is 0 Å². The Hall–Kier alpha value is -3.96. The lowest BCUT2D eigenvalue weighted by atomic mass is 9.56. The highest BCUT2D eigenvalue weighted by molar-refractivity contribution is 6.24. The summed E-state index contributed by atoms with van der Waals surface area (Å²) in [4.78, 5) is 49.0. The third-order valence-electron chi connectivity index (χ3n) is 6.94. The van der Waals surface area contributed by atoms with Gasteiger partial charge in [-0.1, -0.05) is 19.1 Å². The molecule has 0 spiro atoms. The van der Waals surface area contributed by atoms with Crippen LogP contribution in [0.1, 0.15) is 40.7 Å². The Kier molecular flexibility index (Phi) is 5.14. The number of carbonyl (C=O) groups excluding carboxylic acids is 3. The fourth-order valence-electron chi connectivity index (χ4n) is 5.31. The van der Waals surface area contributed by atoms with Gasteiger partial charge in [-0.25, -0.2) is 4.79 Å². The van der Waals surface area contributed by atoms with Gasteiger partial charge in [-0.3, -0.25) is 14.4 Å². The smallest absolute Gasteiger partial charge is 0.328 e. The van der Waals surface area contributed by atoms with E-state index in [-0.39, 0.29) is 11.1 Å². The van der Waals surface area contributed by atoms with Gasteiger partial charge in [0.25, 0.3) is 5.91 Å². The molecular weight excluding hydrogens is 450 g/mol. The quantitative estimate of drug-likeness (QED) is 0.235. The Morgan fingerprint density at radius 2 is 1.82 bits per heavy atom. The van der Waals surface area contributed by atoms with E-state index in [4.69, 9.17) is 10.8 Å². The van der Waals surface area contributed by atoms with Crippen molar-refractivity contribution in [2.24, 2.45) is 17.6 Å². The molecule has 3 aliphatic carbocycles. The number of carboxylic acids is 1. The summed E-state index contributed by atoms with van der Waals surface area (Å²) in [6, 6.07) is 2.85. The second-order valence-corrected chi connectivity index (χ2v) is 8.63. The van der Waals surface area contributed by atoms with Crippen LogP contribution in [0.4, 0.5) is 0 Å². The monoisotopic (exact) mass is 471 g/mol. The molecule has 11 heteroatoms. The number of nitrogens with two attached hydrogens (primary N) is 1. The lowest BCUT2D eigenvalue weighted by Gasteiger charge is -2.50. The molecule has 0 fully saturated rings. The van der Waals surface area contributed by atoms with Gasteiger partial charge in [0.2, 0.25) is 5.78 Å². The highest BCUT2D eigenvalue weighted by Gasteiger charge is 2.64. The van der Waals surface area contributed by atoms with Crippen LogP contribution in [-0.2, 0) is 14.4 Å². The Bertz CT molecular complexity index is 1270. The van der Waals surface area contributed by atoms with Gasteiger partial charge < -0.3 is 36.4 Å². The zero-order valence-corrected chi connectivity index (χ0v) is 17.7. The lowest BCUT2D eigenvalue weighted by molar-refractivity contribution is -0.154. The topological polar surface area (TPSA) is 216 Å².